The van der Waals surface area contributed by atoms with E-state index in [-0.39, 0.29) is 11.5 Å². The van der Waals surface area contributed by atoms with Gasteiger partial charge in [0.15, 0.2) is 11.5 Å². The highest BCUT2D eigenvalue weighted by Crippen LogP contribution is 2.58. The molecular weight excluding hydrogens is 612 g/mol. The van der Waals surface area contributed by atoms with Crippen LogP contribution in [0.15, 0.2) is 48.7 Å². The van der Waals surface area contributed by atoms with Crippen molar-refractivity contribution in [1.82, 2.24) is 4.98 Å². The average Bonchev–Trinajstić information content (AvgIpc) is 3.34. The van der Waals surface area contributed by atoms with Crippen LogP contribution >= 0.6 is 11.6 Å². The molecule has 1 spiro atoms. The number of carboxylic acid groups (broad SMARTS) is 1. The third-order valence-electron chi connectivity index (χ3n) is 11.5. The van der Waals surface area contributed by atoms with Crippen molar-refractivity contribution in [2.45, 2.75) is 108 Å². The maximum absolute atomic E-state index is 12.9. The third kappa shape index (κ3) is 6.05. The van der Waals surface area contributed by atoms with Crippen LogP contribution in [0.4, 0.5) is 5.69 Å². The highest BCUT2D eigenvalue weighted by Gasteiger charge is 2.54. The van der Waals surface area contributed by atoms with Gasteiger partial charge in [0.1, 0.15) is 24.0 Å². The standard InChI is InChI=1S/C39H47ClN2O5/c1-4-30-23-46-34-21-31-26(19-35(34)47-30)18-27(17-24(2)22-45-33-11-16-41-32-10-5-7-25(3)36(32)33)38(31)12-14-39(15-13-38,37(43)44)42-29-9-6-8-28(40)20-29/h6,8-9,11,16,19-21,24-25,27,30,42H,4-5,7,10,12-15,17-18,22-23H2,1-3H3,(H,43,44)/t24-,25-,27?,30?,38?,39?/m1/s1. The lowest BCUT2D eigenvalue weighted by atomic mass is 9.59. The molecule has 4 aliphatic rings. The van der Waals surface area contributed by atoms with Crippen LogP contribution in [0.5, 0.6) is 17.2 Å². The summed E-state index contributed by atoms with van der Waals surface area (Å²) in [6.07, 6.45) is 10.7. The summed E-state index contributed by atoms with van der Waals surface area (Å²) in [5.41, 5.74) is 4.63. The Balaban J connectivity index is 1.15. The zero-order valence-electron chi connectivity index (χ0n) is 27.8. The van der Waals surface area contributed by atoms with Crippen LogP contribution in [0, 0.1) is 11.8 Å². The molecule has 0 saturated heterocycles. The van der Waals surface area contributed by atoms with Gasteiger partial charge in [0.2, 0.25) is 0 Å². The predicted molar refractivity (Wildman–Crippen MR) is 184 cm³/mol. The number of benzene rings is 2. The molecule has 2 aromatic carbocycles. The highest BCUT2D eigenvalue weighted by atomic mass is 35.5. The van der Waals surface area contributed by atoms with E-state index < -0.39 is 11.5 Å². The van der Waals surface area contributed by atoms with Gasteiger partial charge in [-0.05, 0) is 135 Å². The number of anilines is 1. The van der Waals surface area contributed by atoms with E-state index in [1.807, 2.05) is 24.4 Å². The number of ether oxygens (including phenoxy) is 3. The summed E-state index contributed by atoms with van der Waals surface area (Å²) in [4.78, 5) is 17.6. The number of hydrogen-bond acceptors (Lipinski definition) is 6. The smallest absolute Gasteiger partial charge is 0.329 e. The predicted octanol–water partition coefficient (Wildman–Crippen LogP) is 8.75. The summed E-state index contributed by atoms with van der Waals surface area (Å²) in [5.74, 6) is 2.96. The third-order valence-corrected chi connectivity index (χ3v) is 11.8. The highest BCUT2D eigenvalue weighted by molar-refractivity contribution is 6.30. The number of aliphatic carboxylic acids is 1. The van der Waals surface area contributed by atoms with Gasteiger partial charge in [0.05, 0.1) is 6.61 Å². The molecule has 0 amide bonds. The van der Waals surface area contributed by atoms with Crippen molar-refractivity contribution in [2.24, 2.45) is 11.8 Å². The largest absolute Gasteiger partial charge is 0.493 e. The Morgan fingerprint density at radius 3 is 2.77 bits per heavy atom. The van der Waals surface area contributed by atoms with E-state index in [0.29, 0.717) is 48.8 Å². The molecule has 1 aliphatic heterocycles. The van der Waals surface area contributed by atoms with Gasteiger partial charge in [-0.2, -0.15) is 0 Å². The van der Waals surface area contributed by atoms with E-state index in [1.54, 1.807) is 12.1 Å². The Kier molecular flexibility index (Phi) is 8.79. The van der Waals surface area contributed by atoms with Gasteiger partial charge in [-0.25, -0.2) is 4.79 Å². The first-order chi connectivity index (χ1) is 22.7. The van der Waals surface area contributed by atoms with E-state index in [1.165, 1.54) is 35.2 Å². The normalized spacial score (nSPS) is 28.3. The van der Waals surface area contributed by atoms with Crippen molar-refractivity contribution >= 4 is 23.3 Å². The van der Waals surface area contributed by atoms with E-state index in [2.05, 4.69) is 43.2 Å². The van der Waals surface area contributed by atoms with Gasteiger partial charge in [-0.1, -0.05) is 38.4 Å². The number of aromatic nitrogens is 1. The monoisotopic (exact) mass is 658 g/mol. The van der Waals surface area contributed by atoms with Gasteiger partial charge in [-0.15, -0.1) is 0 Å². The minimum atomic E-state index is -1.06. The first kappa shape index (κ1) is 32.1. The molecule has 1 saturated carbocycles. The van der Waals surface area contributed by atoms with E-state index >= 15 is 0 Å². The molecule has 3 aromatic rings. The molecular formula is C39H47ClN2O5. The van der Waals surface area contributed by atoms with Crippen LogP contribution in [0.3, 0.4) is 0 Å². The zero-order valence-corrected chi connectivity index (χ0v) is 28.6. The summed E-state index contributed by atoms with van der Waals surface area (Å²) in [5, 5.41) is 14.6. The van der Waals surface area contributed by atoms with Gasteiger partial charge in [0.25, 0.3) is 0 Å². The maximum Gasteiger partial charge on any atom is 0.329 e. The summed E-state index contributed by atoms with van der Waals surface area (Å²) in [6, 6.07) is 13.8. The summed E-state index contributed by atoms with van der Waals surface area (Å²) in [6.45, 7) is 7.89. The van der Waals surface area contributed by atoms with Crippen LogP contribution in [-0.2, 0) is 23.1 Å². The van der Waals surface area contributed by atoms with Crippen LogP contribution in [0.25, 0.3) is 0 Å². The maximum atomic E-state index is 12.9. The Morgan fingerprint density at radius 2 is 2.00 bits per heavy atom. The number of halogens is 1. The summed E-state index contributed by atoms with van der Waals surface area (Å²) >= 11 is 6.27. The zero-order chi connectivity index (χ0) is 32.8. The molecule has 2 unspecified atom stereocenters. The Labute approximate surface area is 283 Å². The number of pyridine rings is 1. The van der Waals surface area contributed by atoms with Crippen LogP contribution in [0.1, 0.15) is 100 Å². The lowest BCUT2D eigenvalue weighted by Crippen LogP contribution is -2.53. The van der Waals surface area contributed by atoms with E-state index in [9.17, 15) is 9.90 Å². The molecule has 7 nitrogen and oxygen atoms in total. The molecule has 2 N–H and O–H groups in total. The van der Waals surface area contributed by atoms with Crippen molar-refractivity contribution in [3.8, 4) is 17.2 Å². The minimum absolute atomic E-state index is 0.0639. The van der Waals surface area contributed by atoms with Gasteiger partial charge in [-0.3, -0.25) is 4.98 Å². The first-order valence-corrected chi connectivity index (χ1v) is 17.9. The summed E-state index contributed by atoms with van der Waals surface area (Å²) in [7, 11) is 0. The Bertz CT molecular complexity index is 1630. The minimum Gasteiger partial charge on any atom is -0.493 e. The second-order valence-electron chi connectivity index (χ2n) is 14.6. The molecule has 4 atom stereocenters. The number of carboxylic acids is 1. The number of nitrogens with zero attached hydrogens (tertiary/aromatic N) is 1. The molecule has 8 heteroatoms. The van der Waals surface area contributed by atoms with Crippen molar-refractivity contribution in [1.29, 1.82) is 0 Å². The molecule has 3 aliphatic carbocycles. The van der Waals surface area contributed by atoms with E-state index in [4.69, 9.17) is 25.8 Å². The number of nitrogens with one attached hydrogen (secondary N) is 1. The van der Waals surface area contributed by atoms with Gasteiger partial charge < -0.3 is 24.6 Å². The number of fused-ring (bicyclic) bond motifs is 4. The van der Waals surface area contributed by atoms with Crippen molar-refractivity contribution < 1.29 is 24.1 Å². The summed E-state index contributed by atoms with van der Waals surface area (Å²) < 4.78 is 19.1. The lowest BCUT2D eigenvalue weighted by molar-refractivity contribution is -0.144. The van der Waals surface area contributed by atoms with Gasteiger partial charge in [0, 0.05) is 28.2 Å². The SMILES string of the molecule is CCC1COc2cc3c(cc2O1)CC(C[C@@H](C)COc1ccnc2c1[C@H](C)CCC2)C31CCC(Nc2cccc(Cl)c2)(C(=O)O)CC1. The van der Waals surface area contributed by atoms with Crippen molar-refractivity contribution in [3.05, 3.63) is 76.1 Å². The molecule has 1 fully saturated rings. The average molecular weight is 659 g/mol. The number of aryl methyl sites for hydroxylation is 1. The van der Waals surface area contributed by atoms with Crippen LogP contribution < -0.4 is 19.5 Å². The topological polar surface area (TPSA) is 89.9 Å². The molecule has 0 bridgehead atoms. The molecule has 2 heterocycles. The molecule has 47 heavy (non-hydrogen) atoms. The Hall–Kier alpha value is -3.45. The van der Waals surface area contributed by atoms with Crippen LogP contribution in [-0.4, -0.2) is 40.9 Å². The Morgan fingerprint density at radius 1 is 1.17 bits per heavy atom. The molecule has 1 aromatic heterocycles. The fourth-order valence-corrected chi connectivity index (χ4v) is 9.11. The van der Waals surface area contributed by atoms with Crippen molar-refractivity contribution in [2.75, 3.05) is 18.5 Å². The number of rotatable bonds is 9. The van der Waals surface area contributed by atoms with Gasteiger partial charge >= 0.3 is 5.97 Å². The fourth-order valence-electron chi connectivity index (χ4n) is 8.92. The first-order valence-electron chi connectivity index (χ1n) is 17.5. The second-order valence-corrected chi connectivity index (χ2v) is 15.0. The quantitative estimate of drug-likeness (QED) is 0.238. The second kappa shape index (κ2) is 12.9. The molecule has 250 valence electrons. The number of hydrogen-bond donors (Lipinski definition) is 2. The van der Waals surface area contributed by atoms with Crippen molar-refractivity contribution in [3.63, 3.8) is 0 Å². The molecule has 7 rings (SSSR count). The van der Waals surface area contributed by atoms with E-state index in [0.717, 1.165) is 61.5 Å². The lowest BCUT2D eigenvalue weighted by Gasteiger charge is -2.47. The van der Waals surface area contributed by atoms with Crippen LogP contribution in [0.2, 0.25) is 5.02 Å². The molecule has 0 radical (unpaired) electrons. The number of carbonyl (C=O) groups is 1. The fraction of sp³-hybridized carbons (Fsp3) is 0.538.